The first-order valence-electron chi connectivity index (χ1n) is 10.2. The minimum absolute atomic E-state index is 0.102. The van der Waals surface area contributed by atoms with Crippen molar-refractivity contribution < 1.29 is 28.2 Å². The number of benzene rings is 1. The summed E-state index contributed by atoms with van der Waals surface area (Å²) in [6.45, 7) is -1.16. The Hall–Kier alpha value is -2.16. The smallest absolute Gasteiger partial charge is 0.344 e. The molecule has 0 aliphatic heterocycles. The van der Waals surface area contributed by atoms with E-state index >= 15 is 0 Å². The van der Waals surface area contributed by atoms with Crippen LogP contribution < -0.4 is 15.4 Å². The molecule has 9 heteroatoms. The Balaban J connectivity index is 1.18. The van der Waals surface area contributed by atoms with Crippen LogP contribution in [0.1, 0.15) is 38.5 Å². The lowest BCUT2D eigenvalue weighted by atomic mass is 9.53. The lowest BCUT2D eigenvalue weighted by Gasteiger charge is -2.56. The number of urea groups is 1. The molecule has 0 heterocycles. The molecule has 5 rings (SSSR count). The standard InChI is InChI=1S/C21H24BrFN2O5/c22-15-1-2-17(16(23)6-15)29-11-19(27)30-10-18(26)24-20(28)25-21-7-12-3-13(8-21)5-14(4-12)9-21/h1-2,6,12-14H,3-5,7-11H2,(H2,24,25,26,28). The number of halogens is 2. The van der Waals surface area contributed by atoms with E-state index in [9.17, 15) is 18.8 Å². The molecule has 0 radical (unpaired) electrons. The summed E-state index contributed by atoms with van der Waals surface area (Å²) in [6, 6.07) is 3.59. The lowest BCUT2D eigenvalue weighted by Crippen LogP contribution is -2.62. The van der Waals surface area contributed by atoms with E-state index in [4.69, 9.17) is 9.47 Å². The molecular formula is C21H24BrFN2O5. The zero-order valence-electron chi connectivity index (χ0n) is 16.4. The van der Waals surface area contributed by atoms with E-state index in [1.165, 1.54) is 31.4 Å². The van der Waals surface area contributed by atoms with Gasteiger partial charge in [0, 0.05) is 10.0 Å². The normalized spacial score (nSPS) is 28.7. The predicted molar refractivity (Wildman–Crippen MR) is 108 cm³/mol. The summed E-state index contributed by atoms with van der Waals surface area (Å²) >= 11 is 3.12. The Morgan fingerprint density at radius 1 is 1.07 bits per heavy atom. The van der Waals surface area contributed by atoms with Gasteiger partial charge in [-0.2, -0.15) is 0 Å². The molecule has 4 aliphatic carbocycles. The SMILES string of the molecule is O=C(COC(=O)COc1ccc(Br)cc1F)NC(=O)NC12CC3CC(CC(C3)C1)C2. The third-order valence-corrected chi connectivity index (χ3v) is 6.77. The van der Waals surface area contributed by atoms with Crippen LogP contribution in [0.4, 0.5) is 9.18 Å². The zero-order valence-corrected chi connectivity index (χ0v) is 18.0. The maximum absolute atomic E-state index is 13.7. The topological polar surface area (TPSA) is 93.7 Å². The van der Waals surface area contributed by atoms with Crippen LogP contribution in [0.25, 0.3) is 0 Å². The number of carbonyl (C=O) groups is 3. The van der Waals surface area contributed by atoms with Crippen LogP contribution in [0.3, 0.4) is 0 Å². The fourth-order valence-electron chi connectivity index (χ4n) is 5.62. The minimum atomic E-state index is -0.839. The Morgan fingerprint density at radius 2 is 1.70 bits per heavy atom. The zero-order chi connectivity index (χ0) is 21.3. The minimum Gasteiger partial charge on any atom is -0.479 e. The summed E-state index contributed by atoms with van der Waals surface area (Å²) in [4.78, 5) is 36.0. The van der Waals surface area contributed by atoms with Gasteiger partial charge in [0.05, 0.1) is 0 Å². The van der Waals surface area contributed by atoms with Crippen molar-refractivity contribution in [2.45, 2.75) is 44.1 Å². The summed E-state index contributed by atoms with van der Waals surface area (Å²) in [5.74, 6) is -0.281. The van der Waals surface area contributed by atoms with E-state index in [0.29, 0.717) is 22.2 Å². The Kier molecular flexibility index (Phi) is 5.99. The highest BCUT2D eigenvalue weighted by Crippen LogP contribution is 2.55. The molecule has 0 saturated heterocycles. The number of imide groups is 1. The van der Waals surface area contributed by atoms with Crippen LogP contribution in [0.2, 0.25) is 0 Å². The van der Waals surface area contributed by atoms with Gasteiger partial charge in [0.2, 0.25) is 0 Å². The van der Waals surface area contributed by atoms with E-state index in [1.54, 1.807) is 6.07 Å². The number of hydrogen-bond acceptors (Lipinski definition) is 5. The van der Waals surface area contributed by atoms with Crippen molar-refractivity contribution >= 4 is 33.8 Å². The van der Waals surface area contributed by atoms with Crippen molar-refractivity contribution in [3.63, 3.8) is 0 Å². The number of nitrogens with one attached hydrogen (secondary N) is 2. The Labute approximate surface area is 182 Å². The number of hydrogen-bond donors (Lipinski definition) is 2. The van der Waals surface area contributed by atoms with Gasteiger partial charge in [-0.1, -0.05) is 15.9 Å². The fraction of sp³-hybridized carbons (Fsp3) is 0.571. The number of ether oxygens (including phenoxy) is 2. The van der Waals surface area contributed by atoms with Gasteiger partial charge in [-0.3, -0.25) is 10.1 Å². The Bertz CT molecular complexity index is 827. The van der Waals surface area contributed by atoms with Crippen molar-refractivity contribution in [2.24, 2.45) is 17.8 Å². The largest absolute Gasteiger partial charge is 0.479 e. The highest BCUT2D eigenvalue weighted by atomic mass is 79.9. The van der Waals surface area contributed by atoms with E-state index < -0.39 is 36.9 Å². The van der Waals surface area contributed by atoms with E-state index in [0.717, 1.165) is 19.3 Å². The molecular weight excluding hydrogens is 459 g/mol. The Morgan fingerprint density at radius 3 is 2.30 bits per heavy atom. The first-order chi connectivity index (χ1) is 14.3. The molecule has 2 N–H and O–H groups in total. The van der Waals surface area contributed by atoms with E-state index in [-0.39, 0.29) is 11.3 Å². The molecule has 4 aliphatic rings. The molecule has 0 spiro atoms. The highest BCUT2D eigenvalue weighted by molar-refractivity contribution is 9.10. The summed E-state index contributed by atoms with van der Waals surface area (Å²) in [7, 11) is 0. The number of rotatable bonds is 6. The summed E-state index contributed by atoms with van der Waals surface area (Å²) in [5.41, 5.74) is -0.210. The van der Waals surface area contributed by atoms with Crippen LogP contribution in [0.15, 0.2) is 22.7 Å². The molecule has 0 aromatic heterocycles. The first-order valence-corrected chi connectivity index (χ1v) is 10.9. The molecule has 1 aromatic carbocycles. The molecule has 0 atom stereocenters. The number of esters is 1. The first kappa shape index (κ1) is 21.1. The van der Waals surface area contributed by atoms with Gasteiger partial charge in [0.15, 0.2) is 24.8 Å². The maximum atomic E-state index is 13.7. The molecule has 1 aromatic rings. The molecule has 3 amide bonds. The second-order valence-corrected chi connectivity index (χ2v) is 9.64. The van der Waals surface area contributed by atoms with Crippen molar-refractivity contribution in [2.75, 3.05) is 13.2 Å². The number of amides is 3. The molecule has 4 saturated carbocycles. The third kappa shape index (κ3) is 4.94. The van der Waals surface area contributed by atoms with Crippen molar-refractivity contribution in [3.05, 3.63) is 28.5 Å². The molecule has 0 unspecified atom stereocenters. The quantitative estimate of drug-likeness (QED) is 0.606. The van der Waals surface area contributed by atoms with Crippen molar-refractivity contribution in [1.29, 1.82) is 0 Å². The highest BCUT2D eigenvalue weighted by Gasteiger charge is 2.51. The lowest BCUT2D eigenvalue weighted by molar-refractivity contribution is -0.150. The average molecular weight is 483 g/mol. The van der Waals surface area contributed by atoms with Gasteiger partial charge in [0.1, 0.15) is 0 Å². The van der Waals surface area contributed by atoms with Crippen molar-refractivity contribution in [1.82, 2.24) is 10.6 Å². The van der Waals surface area contributed by atoms with Gasteiger partial charge >= 0.3 is 12.0 Å². The maximum Gasteiger partial charge on any atom is 0.344 e. The van der Waals surface area contributed by atoms with Crippen LogP contribution >= 0.6 is 15.9 Å². The van der Waals surface area contributed by atoms with Gasteiger partial charge in [-0.15, -0.1) is 0 Å². The second kappa shape index (κ2) is 8.53. The third-order valence-electron chi connectivity index (χ3n) is 6.27. The van der Waals surface area contributed by atoms with E-state index in [1.807, 2.05) is 0 Å². The van der Waals surface area contributed by atoms with Gasteiger partial charge in [-0.05, 0) is 74.5 Å². The summed E-state index contributed by atoms with van der Waals surface area (Å²) in [5, 5.41) is 5.25. The van der Waals surface area contributed by atoms with Crippen LogP contribution in [0, 0.1) is 23.6 Å². The van der Waals surface area contributed by atoms with E-state index in [2.05, 4.69) is 26.6 Å². The van der Waals surface area contributed by atoms with Crippen LogP contribution in [-0.2, 0) is 14.3 Å². The molecule has 162 valence electrons. The number of carbonyl (C=O) groups excluding carboxylic acids is 3. The second-order valence-electron chi connectivity index (χ2n) is 8.72. The van der Waals surface area contributed by atoms with Crippen LogP contribution in [0.5, 0.6) is 5.75 Å². The average Bonchev–Trinajstić information content (AvgIpc) is 2.64. The molecule has 4 bridgehead atoms. The van der Waals surface area contributed by atoms with Crippen molar-refractivity contribution in [3.8, 4) is 5.75 Å². The van der Waals surface area contributed by atoms with Gasteiger partial charge in [0.25, 0.3) is 5.91 Å². The fourth-order valence-corrected chi connectivity index (χ4v) is 5.95. The van der Waals surface area contributed by atoms with Gasteiger partial charge < -0.3 is 14.8 Å². The molecule has 30 heavy (non-hydrogen) atoms. The predicted octanol–water partition coefficient (Wildman–Crippen LogP) is 3.30. The summed E-state index contributed by atoms with van der Waals surface area (Å²) in [6.07, 6.45) is 6.68. The monoisotopic (exact) mass is 482 g/mol. The van der Waals surface area contributed by atoms with Gasteiger partial charge in [-0.25, -0.2) is 14.0 Å². The summed E-state index contributed by atoms with van der Waals surface area (Å²) < 4.78 is 24.0. The molecule has 4 fully saturated rings. The van der Waals surface area contributed by atoms with Crippen LogP contribution in [-0.4, -0.2) is 36.7 Å². The molecule has 7 nitrogen and oxygen atoms in total.